The summed E-state index contributed by atoms with van der Waals surface area (Å²) in [5.74, 6) is -0.424. The SMILES string of the molecule is CCCOCC(=O)OCCO. The molecule has 0 amide bonds. The van der Waals surface area contributed by atoms with Crippen LogP contribution in [0, 0.1) is 0 Å². The molecule has 0 saturated carbocycles. The van der Waals surface area contributed by atoms with Gasteiger partial charge in [-0.1, -0.05) is 6.92 Å². The third-order valence-corrected chi connectivity index (χ3v) is 0.923. The Morgan fingerprint density at radius 1 is 1.45 bits per heavy atom. The van der Waals surface area contributed by atoms with E-state index in [1.54, 1.807) is 0 Å². The van der Waals surface area contributed by atoms with E-state index in [4.69, 9.17) is 9.84 Å². The van der Waals surface area contributed by atoms with E-state index in [-0.39, 0.29) is 19.8 Å². The number of carbonyl (C=O) groups is 1. The molecule has 0 fully saturated rings. The molecule has 0 spiro atoms. The lowest BCUT2D eigenvalue weighted by molar-refractivity contribution is -0.149. The normalized spacial score (nSPS) is 9.64. The number of carbonyl (C=O) groups excluding carboxylic acids is 1. The van der Waals surface area contributed by atoms with Gasteiger partial charge in [0.2, 0.25) is 0 Å². The molecule has 0 bridgehead atoms. The van der Waals surface area contributed by atoms with Gasteiger partial charge in [-0.05, 0) is 6.42 Å². The quantitative estimate of drug-likeness (QED) is 0.439. The van der Waals surface area contributed by atoms with Gasteiger partial charge in [0, 0.05) is 6.61 Å². The summed E-state index contributed by atoms with van der Waals surface area (Å²) >= 11 is 0. The first kappa shape index (κ1) is 10.4. The molecule has 0 heterocycles. The van der Waals surface area contributed by atoms with Crippen molar-refractivity contribution in [2.24, 2.45) is 0 Å². The van der Waals surface area contributed by atoms with Crippen molar-refractivity contribution in [3.63, 3.8) is 0 Å². The van der Waals surface area contributed by atoms with Crippen LogP contribution in [0.4, 0.5) is 0 Å². The number of rotatable bonds is 6. The van der Waals surface area contributed by atoms with Crippen LogP contribution in [0.2, 0.25) is 0 Å². The molecule has 4 nitrogen and oxygen atoms in total. The van der Waals surface area contributed by atoms with Gasteiger partial charge in [-0.3, -0.25) is 0 Å². The monoisotopic (exact) mass is 162 g/mol. The van der Waals surface area contributed by atoms with Crippen LogP contribution < -0.4 is 0 Å². The molecule has 4 heteroatoms. The Balaban J connectivity index is 3.09. The van der Waals surface area contributed by atoms with Crippen LogP contribution in [-0.4, -0.2) is 37.5 Å². The highest BCUT2D eigenvalue weighted by Gasteiger charge is 2.00. The predicted octanol–water partition coefficient (Wildman–Crippen LogP) is -0.0515. The molecule has 0 saturated heterocycles. The maximum atomic E-state index is 10.6. The standard InChI is InChI=1S/C7H14O4/c1-2-4-10-6-7(9)11-5-3-8/h8H,2-6H2,1H3. The van der Waals surface area contributed by atoms with E-state index < -0.39 is 5.97 Å². The van der Waals surface area contributed by atoms with Gasteiger partial charge in [-0.2, -0.15) is 0 Å². The van der Waals surface area contributed by atoms with Crippen LogP contribution in [-0.2, 0) is 14.3 Å². The lowest BCUT2D eigenvalue weighted by Gasteiger charge is -2.02. The maximum absolute atomic E-state index is 10.6. The van der Waals surface area contributed by atoms with Crippen LogP contribution in [0.25, 0.3) is 0 Å². The van der Waals surface area contributed by atoms with Gasteiger partial charge >= 0.3 is 5.97 Å². The summed E-state index contributed by atoms with van der Waals surface area (Å²) < 4.78 is 9.41. The van der Waals surface area contributed by atoms with Gasteiger partial charge in [0.25, 0.3) is 0 Å². The number of aliphatic hydroxyl groups excluding tert-OH is 1. The molecular weight excluding hydrogens is 148 g/mol. The Morgan fingerprint density at radius 3 is 2.73 bits per heavy atom. The smallest absolute Gasteiger partial charge is 0.332 e. The van der Waals surface area contributed by atoms with E-state index >= 15 is 0 Å². The Bertz CT molecular complexity index is 103. The van der Waals surface area contributed by atoms with Crippen molar-refractivity contribution in [2.45, 2.75) is 13.3 Å². The lowest BCUT2D eigenvalue weighted by atomic mass is 10.5. The largest absolute Gasteiger partial charge is 0.462 e. The Labute approximate surface area is 66.1 Å². The van der Waals surface area contributed by atoms with Crippen LogP contribution >= 0.6 is 0 Å². The maximum Gasteiger partial charge on any atom is 0.332 e. The minimum Gasteiger partial charge on any atom is -0.462 e. The first-order chi connectivity index (χ1) is 5.31. The zero-order chi connectivity index (χ0) is 8.53. The van der Waals surface area contributed by atoms with Crippen molar-refractivity contribution in [1.29, 1.82) is 0 Å². The summed E-state index contributed by atoms with van der Waals surface area (Å²) in [6.07, 6.45) is 0.882. The van der Waals surface area contributed by atoms with Crippen molar-refractivity contribution in [2.75, 3.05) is 26.4 Å². The second-order valence-electron chi connectivity index (χ2n) is 2.00. The molecule has 0 aromatic heterocycles. The van der Waals surface area contributed by atoms with E-state index in [1.807, 2.05) is 6.92 Å². The van der Waals surface area contributed by atoms with Crippen molar-refractivity contribution < 1.29 is 19.4 Å². The van der Waals surface area contributed by atoms with Gasteiger partial charge in [0.15, 0.2) is 0 Å². The number of hydrogen-bond donors (Lipinski definition) is 1. The number of esters is 1. The molecular formula is C7H14O4. The van der Waals surface area contributed by atoms with Crippen LogP contribution in [0.5, 0.6) is 0 Å². The highest BCUT2D eigenvalue weighted by Crippen LogP contribution is 1.83. The average molecular weight is 162 g/mol. The zero-order valence-corrected chi connectivity index (χ0v) is 6.71. The third-order valence-electron chi connectivity index (χ3n) is 0.923. The fourth-order valence-electron chi connectivity index (χ4n) is 0.501. The van der Waals surface area contributed by atoms with Crippen molar-refractivity contribution >= 4 is 5.97 Å². The molecule has 0 aliphatic rings. The summed E-state index contributed by atoms with van der Waals surface area (Å²) in [6.45, 7) is 2.41. The molecule has 0 aliphatic heterocycles. The zero-order valence-electron chi connectivity index (χ0n) is 6.71. The van der Waals surface area contributed by atoms with Crippen LogP contribution in [0.15, 0.2) is 0 Å². The van der Waals surface area contributed by atoms with Crippen LogP contribution in [0.1, 0.15) is 13.3 Å². The highest BCUT2D eigenvalue weighted by molar-refractivity contribution is 5.70. The van der Waals surface area contributed by atoms with E-state index in [1.165, 1.54) is 0 Å². The molecule has 66 valence electrons. The molecule has 0 unspecified atom stereocenters. The molecule has 0 aromatic carbocycles. The summed E-state index contributed by atoms with van der Waals surface area (Å²) in [7, 11) is 0. The Kier molecular flexibility index (Phi) is 7.08. The highest BCUT2D eigenvalue weighted by atomic mass is 16.6. The topological polar surface area (TPSA) is 55.8 Å². The fraction of sp³-hybridized carbons (Fsp3) is 0.857. The van der Waals surface area contributed by atoms with Gasteiger partial charge in [-0.15, -0.1) is 0 Å². The van der Waals surface area contributed by atoms with E-state index in [0.717, 1.165) is 6.42 Å². The number of ether oxygens (including phenoxy) is 2. The van der Waals surface area contributed by atoms with E-state index in [9.17, 15) is 4.79 Å². The first-order valence-corrected chi connectivity index (χ1v) is 3.65. The summed E-state index contributed by atoms with van der Waals surface area (Å²) in [5.41, 5.74) is 0. The second-order valence-corrected chi connectivity index (χ2v) is 2.00. The molecule has 0 atom stereocenters. The minimum atomic E-state index is -0.424. The first-order valence-electron chi connectivity index (χ1n) is 3.65. The Hall–Kier alpha value is -0.610. The van der Waals surface area contributed by atoms with Crippen LogP contribution in [0.3, 0.4) is 0 Å². The summed E-state index contributed by atoms with van der Waals surface area (Å²) in [6, 6.07) is 0. The van der Waals surface area contributed by atoms with E-state index in [0.29, 0.717) is 6.61 Å². The molecule has 1 N–H and O–H groups in total. The molecule has 0 aliphatic carbocycles. The third kappa shape index (κ3) is 7.29. The molecule has 0 rings (SSSR count). The second kappa shape index (κ2) is 7.50. The minimum absolute atomic E-state index is 0.0200. The van der Waals surface area contributed by atoms with Crippen molar-refractivity contribution in [3.05, 3.63) is 0 Å². The van der Waals surface area contributed by atoms with Crippen molar-refractivity contribution in [3.8, 4) is 0 Å². The van der Waals surface area contributed by atoms with Gasteiger partial charge in [0.1, 0.15) is 13.2 Å². The molecule has 0 radical (unpaired) electrons. The number of aliphatic hydroxyl groups is 1. The van der Waals surface area contributed by atoms with Gasteiger partial charge in [-0.25, -0.2) is 4.79 Å². The summed E-state index contributed by atoms with van der Waals surface area (Å²) in [5, 5.41) is 8.27. The average Bonchev–Trinajstić information content (AvgIpc) is 2.01. The molecule has 0 aromatic rings. The predicted molar refractivity (Wildman–Crippen MR) is 39.2 cm³/mol. The van der Waals surface area contributed by atoms with Crippen molar-refractivity contribution in [1.82, 2.24) is 0 Å². The number of hydrogen-bond acceptors (Lipinski definition) is 4. The van der Waals surface area contributed by atoms with E-state index in [2.05, 4.69) is 4.74 Å². The lowest BCUT2D eigenvalue weighted by Crippen LogP contribution is -2.15. The van der Waals surface area contributed by atoms with Gasteiger partial charge < -0.3 is 14.6 Å². The molecule has 11 heavy (non-hydrogen) atoms. The summed E-state index contributed by atoms with van der Waals surface area (Å²) in [4.78, 5) is 10.6. The fourth-order valence-corrected chi connectivity index (χ4v) is 0.501. The van der Waals surface area contributed by atoms with Gasteiger partial charge in [0.05, 0.1) is 6.61 Å². The Morgan fingerprint density at radius 2 is 2.18 bits per heavy atom.